The molecule has 0 spiro atoms. The molecule has 0 aliphatic heterocycles. The smallest absolute Gasteiger partial charge is 0.335 e. The minimum atomic E-state index is -0.619. The van der Waals surface area contributed by atoms with Gasteiger partial charge in [0.1, 0.15) is 5.60 Å². The van der Waals surface area contributed by atoms with Gasteiger partial charge < -0.3 is 23.8 Å². The van der Waals surface area contributed by atoms with Crippen molar-refractivity contribution in [1.82, 2.24) is 10.2 Å². The molecule has 1 N–H and O–H groups in total. The number of rotatable bonds is 12. The Morgan fingerprint density at radius 1 is 1.00 bits per heavy atom. The molecule has 2 aromatic rings. The van der Waals surface area contributed by atoms with Crippen molar-refractivity contribution in [2.75, 3.05) is 34.9 Å². The summed E-state index contributed by atoms with van der Waals surface area (Å²) in [5.41, 5.74) is 1.18. The van der Waals surface area contributed by atoms with Crippen molar-refractivity contribution in [2.24, 2.45) is 0 Å². The summed E-state index contributed by atoms with van der Waals surface area (Å²) in [7, 11) is 6.23. The van der Waals surface area contributed by atoms with Crippen LogP contribution >= 0.6 is 0 Å². The monoisotopic (exact) mass is 498 g/mol. The molecule has 0 bridgehead atoms. The quantitative estimate of drug-likeness (QED) is 0.266. The normalized spacial score (nSPS) is 11.9. The van der Waals surface area contributed by atoms with Crippen LogP contribution in [0.15, 0.2) is 54.6 Å². The molecule has 8 heteroatoms. The standard InChI is InChI=1S/C28H38N2O6/c1-19(27(32)36-28(2,3)4)18-29-24(15-14-20-12-10-9-11-13-20)30(5)26(31)21-16-22(33-6)25(35-8)23(17-21)34-7/h9-13,16-17,24,29H,1,14-15,18H2,2-8H3/t24-/m0/s1. The van der Waals surface area contributed by atoms with Crippen LogP contribution in [0, 0.1) is 0 Å². The van der Waals surface area contributed by atoms with E-state index >= 15 is 0 Å². The summed E-state index contributed by atoms with van der Waals surface area (Å²) in [6.45, 7) is 9.45. The Bertz CT molecular complexity index is 1020. The molecule has 0 saturated heterocycles. The van der Waals surface area contributed by atoms with Gasteiger partial charge >= 0.3 is 5.97 Å². The maximum absolute atomic E-state index is 13.5. The lowest BCUT2D eigenvalue weighted by atomic mass is 10.1. The number of esters is 1. The third-order valence-electron chi connectivity index (χ3n) is 5.49. The first-order valence-corrected chi connectivity index (χ1v) is 11.8. The molecule has 1 amide bonds. The zero-order valence-electron chi connectivity index (χ0n) is 22.3. The van der Waals surface area contributed by atoms with E-state index in [0.717, 1.165) is 12.0 Å². The lowest BCUT2D eigenvalue weighted by molar-refractivity contribution is -0.149. The van der Waals surface area contributed by atoms with Crippen molar-refractivity contribution in [2.45, 2.75) is 45.4 Å². The van der Waals surface area contributed by atoms with Crippen molar-refractivity contribution in [3.8, 4) is 17.2 Å². The third kappa shape index (κ3) is 8.02. The fourth-order valence-corrected chi connectivity index (χ4v) is 3.59. The summed E-state index contributed by atoms with van der Waals surface area (Å²) in [5, 5.41) is 3.30. The van der Waals surface area contributed by atoms with Gasteiger partial charge in [0.2, 0.25) is 5.75 Å². The SMILES string of the molecule is C=C(CN[C@H](CCc1ccccc1)N(C)C(=O)c1cc(OC)c(OC)c(OC)c1)C(=O)OC(C)(C)C. The number of hydrogen-bond acceptors (Lipinski definition) is 7. The first kappa shape index (κ1) is 28.7. The van der Waals surface area contributed by atoms with Crippen LogP contribution in [0.3, 0.4) is 0 Å². The van der Waals surface area contributed by atoms with E-state index in [1.54, 1.807) is 44.9 Å². The molecule has 0 aromatic heterocycles. The summed E-state index contributed by atoms with van der Waals surface area (Å²) < 4.78 is 21.6. The lowest BCUT2D eigenvalue weighted by Gasteiger charge is -2.30. The second kappa shape index (κ2) is 13.0. The average Bonchev–Trinajstić information content (AvgIpc) is 2.86. The third-order valence-corrected chi connectivity index (χ3v) is 5.49. The number of carbonyl (C=O) groups is 2. The van der Waals surface area contributed by atoms with E-state index in [4.69, 9.17) is 18.9 Å². The Morgan fingerprint density at radius 2 is 1.58 bits per heavy atom. The van der Waals surface area contributed by atoms with Gasteiger partial charge in [-0.2, -0.15) is 0 Å². The van der Waals surface area contributed by atoms with E-state index < -0.39 is 17.7 Å². The molecule has 0 saturated carbocycles. The highest BCUT2D eigenvalue weighted by molar-refractivity contribution is 5.95. The first-order chi connectivity index (χ1) is 17.0. The molecule has 2 aromatic carbocycles. The molecule has 8 nitrogen and oxygen atoms in total. The molecule has 36 heavy (non-hydrogen) atoms. The molecular weight excluding hydrogens is 460 g/mol. The maximum Gasteiger partial charge on any atom is 0.335 e. The van der Waals surface area contributed by atoms with Gasteiger partial charge in [-0.05, 0) is 51.3 Å². The Hall–Kier alpha value is -3.52. The number of benzene rings is 2. The summed E-state index contributed by atoms with van der Waals surface area (Å²) in [6.07, 6.45) is 0.943. The number of amides is 1. The lowest BCUT2D eigenvalue weighted by Crippen LogP contribution is -2.48. The fraction of sp³-hybridized carbons (Fsp3) is 0.429. The van der Waals surface area contributed by atoms with E-state index in [-0.39, 0.29) is 18.0 Å². The van der Waals surface area contributed by atoms with Crippen LogP contribution in [0.1, 0.15) is 43.1 Å². The molecule has 2 rings (SSSR count). The Kier molecular flexibility index (Phi) is 10.3. The van der Waals surface area contributed by atoms with Gasteiger partial charge in [0.25, 0.3) is 5.91 Å². The van der Waals surface area contributed by atoms with Crippen LogP contribution in [0.5, 0.6) is 17.2 Å². The molecule has 0 heterocycles. The van der Waals surface area contributed by atoms with Crippen molar-refractivity contribution >= 4 is 11.9 Å². The van der Waals surface area contributed by atoms with Crippen molar-refractivity contribution in [3.63, 3.8) is 0 Å². The summed E-state index contributed by atoms with van der Waals surface area (Å²) in [6, 6.07) is 13.2. The van der Waals surface area contributed by atoms with E-state index in [0.29, 0.717) is 29.2 Å². The van der Waals surface area contributed by atoms with Crippen LogP contribution in [0.25, 0.3) is 0 Å². The number of nitrogens with one attached hydrogen (secondary N) is 1. The number of nitrogens with zero attached hydrogens (tertiary/aromatic N) is 1. The van der Waals surface area contributed by atoms with E-state index in [1.165, 1.54) is 21.3 Å². The van der Waals surface area contributed by atoms with E-state index in [9.17, 15) is 9.59 Å². The van der Waals surface area contributed by atoms with E-state index in [2.05, 4.69) is 11.9 Å². The predicted molar refractivity (Wildman–Crippen MR) is 140 cm³/mol. The van der Waals surface area contributed by atoms with Crippen LogP contribution in [0.4, 0.5) is 0 Å². The molecule has 1 atom stereocenters. The largest absolute Gasteiger partial charge is 0.493 e. The number of ether oxygens (including phenoxy) is 4. The van der Waals surface area contributed by atoms with Crippen LogP contribution < -0.4 is 19.5 Å². The van der Waals surface area contributed by atoms with Gasteiger partial charge in [-0.3, -0.25) is 10.1 Å². The van der Waals surface area contributed by atoms with Gasteiger partial charge in [-0.25, -0.2) is 4.79 Å². The predicted octanol–water partition coefficient (Wildman–Crippen LogP) is 4.23. The summed E-state index contributed by atoms with van der Waals surface area (Å²) >= 11 is 0. The van der Waals surface area contributed by atoms with Crippen molar-refractivity contribution in [3.05, 3.63) is 65.7 Å². The van der Waals surface area contributed by atoms with Crippen molar-refractivity contribution in [1.29, 1.82) is 0 Å². The number of aryl methyl sites for hydroxylation is 1. The second-order valence-electron chi connectivity index (χ2n) is 9.36. The number of hydrogen-bond donors (Lipinski definition) is 1. The summed E-state index contributed by atoms with van der Waals surface area (Å²) in [4.78, 5) is 27.5. The molecule has 0 radical (unpaired) electrons. The van der Waals surface area contributed by atoms with Gasteiger partial charge in [-0.1, -0.05) is 36.9 Å². The number of methoxy groups -OCH3 is 3. The molecule has 196 valence electrons. The molecular formula is C28H38N2O6. The maximum atomic E-state index is 13.5. The van der Waals surface area contributed by atoms with Crippen molar-refractivity contribution < 1.29 is 28.5 Å². The fourth-order valence-electron chi connectivity index (χ4n) is 3.59. The van der Waals surface area contributed by atoms with Gasteiger partial charge in [0, 0.05) is 24.7 Å². The Morgan fingerprint density at radius 3 is 2.08 bits per heavy atom. The highest BCUT2D eigenvalue weighted by atomic mass is 16.6. The first-order valence-electron chi connectivity index (χ1n) is 11.8. The minimum Gasteiger partial charge on any atom is -0.493 e. The topological polar surface area (TPSA) is 86.3 Å². The number of carbonyl (C=O) groups excluding carboxylic acids is 2. The highest BCUT2D eigenvalue weighted by Crippen LogP contribution is 2.38. The summed E-state index contributed by atoms with van der Waals surface area (Å²) in [5.74, 6) is 0.464. The minimum absolute atomic E-state index is 0.168. The van der Waals surface area contributed by atoms with Gasteiger partial charge in [-0.15, -0.1) is 0 Å². The Labute approximate surface area is 214 Å². The molecule has 0 aliphatic rings. The van der Waals surface area contributed by atoms with Crippen LogP contribution in [0.2, 0.25) is 0 Å². The average molecular weight is 499 g/mol. The zero-order chi connectivity index (χ0) is 26.9. The highest BCUT2D eigenvalue weighted by Gasteiger charge is 2.25. The zero-order valence-corrected chi connectivity index (χ0v) is 22.3. The van der Waals surface area contributed by atoms with Crippen LogP contribution in [-0.4, -0.2) is 63.5 Å². The molecule has 0 fully saturated rings. The van der Waals surface area contributed by atoms with Crippen LogP contribution in [-0.2, 0) is 16.0 Å². The van der Waals surface area contributed by atoms with Gasteiger partial charge in [0.15, 0.2) is 11.5 Å². The Balaban J connectivity index is 2.26. The molecule has 0 unspecified atom stereocenters. The van der Waals surface area contributed by atoms with Gasteiger partial charge in [0.05, 0.1) is 27.5 Å². The second-order valence-corrected chi connectivity index (χ2v) is 9.36. The molecule has 0 aliphatic carbocycles. The van der Waals surface area contributed by atoms with E-state index in [1.807, 2.05) is 30.3 Å².